The molecule has 2 nitrogen and oxygen atoms in total. The molecule has 0 saturated heterocycles. The van der Waals surface area contributed by atoms with Gasteiger partial charge in [-0.05, 0) is 31.2 Å². The van der Waals surface area contributed by atoms with E-state index in [1.54, 1.807) is 12.4 Å². The summed E-state index contributed by atoms with van der Waals surface area (Å²) in [6.07, 6.45) is 7.27. The zero-order valence-electron chi connectivity index (χ0n) is 8.33. The third kappa shape index (κ3) is 2.18. The molecule has 3 heteroatoms. The molecule has 1 saturated carbocycles. The summed E-state index contributed by atoms with van der Waals surface area (Å²) in [6.45, 7) is 2.30. The van der Waals surface area contributed by atoms with Crippen LogP contribution in [0.5, 0.6) is 0 Å². The van der Waals surface area contributed by atoms with E-state index in [0.29, 0.717) is 11.1 Å². The number of aromatic nitrogens is 1. The molecular formula is C11H15ClN2. The summed E-state index contributed by atoms with van der Waals surface area (Å²) >= 11 is 6.01. The lowest BCUT2D eigenvalue weighted by atomic mass is 10.1. The summed E-state index contributed by atoms with van der Waals surface area (Å²) in [5, 5.41) is 4.18. The molecule has 2 unspecified atom stereocenters. The van der Waals surface area contributed by atoms with Crippen LogP contribution in [0.25, 0.3) is 0 Å². The van der Waals surface area contributed by atoms with Crippen molar-refractivity contribution in [1.29, 1.82) is 0 Å². The predicted octanol–water partition coefficient (Wildman–Crippen LogP) is 3.34. The first-order valence-electron chi connectivity index (χ1n) is 5.12. The topological polar surface area (TPSA) is 24.9 Å². The minimum Gasteiger partial charge on any atom is -0.381 e. The molecule has 1 aliphatic carbocycles. The Morgan fingerprint density at radius 2 is 2.36 bits per heavy atom. The predicted molar refractivity (Wildman–Crippen MR) is 59.7 cm³/mol. The van der Waals surface area contributed by atoms with Gasteiger partial charge in [0.15, 0.2) is 0 Å². The fourth-order valence-electron chi connectivity index (χ4n) is 2.05. The standard InChI is InChI=1S/C11H15ClN2/c1-8-2-3-9(6-8)14-11-4-5-13-7-10(11)12/h4-5,7-9H,2-3,6H2,1H3,(H,13,14). The van der Waals surface area contributed by atoms with Crippen LogP contribution in [0.2, 0.25) is 5.02 Å². The maximum atomic E-state index is 6.01. The van der Waals surface area contributed by atoms with Crippen molar-refractivity contribution in [2.45, 2.75) is 32.2 Å². The number of nitrogens with one attached hydrogen (secondary N) is 1. The molecule has 2 rings (SSSR count). The number of hydrogen-bond donors (Lipinski definition) is 1. The second kappa shape index (κ2) is 4.18. The van der Waals surface area contributed by atoms with Gasteiger partial charge in [0.25, 0.3) is 0 Å². The Bertz CT molecular complexity index is 314. The van der Waals surface area contributed by atoms with Crippen LogP contribution in [0.1, 0.15) is 26.2 Å². The zero-order valence-corrected chi connectivity index (χ0v) is 9.09. The Labute approximate surface area is 89.7 Å². The van der Waals surface area contributed by atoms with Gasteiger partial charge in [0, 0.05) is 18.4 Å². The number of rotatable bonds is 2. The van der Waals surface area contributed by atoms with Crippen LogP contribution in [-0.2, 0) is 0 Å². The van der Waals surface area contributed by atoms with Gasteiger partial charge in [-0.2, -0.15) is 0 Å². The van der Waals surface area contributed by atoms with E-state index >= 15 is 0 Å². The van der Waals surface area contributed by atoms with Crippen LogP contribution in [0.4, 0.5) is 5.69 Å². The Morgan fingerprint density at radius 3 is 3.00 bits per heavy atom. The molecule has 1 aliphatic rings. The summed E-state index contributed by atoms with van der Waals surface area (Å²) < 4.78 is 0. The second-order valence-corrected chi connectivity index (χ2v) is 4.52. The van der Waals surface area contributed by atoms with Crippen molar-refractivity contribution in [3.05, 3.63) is 23.5 Å². The average Bonchev–Trinajstić information content (AvgIpc) is 2.56. The first-order chi connectivity index (χ1) is 6.75. The van der Waals surface area contributed by atoms with Crippen molar-refractivity contribution < 1.29 is 0 Å². The van der Waals surface area contributed by atoms with Crippen LogP contribution in [0.15, 0.2) is 18.5 Å². The zero-order chi connectivity index (χ0) is 9.97. The number of anilines is 1. The first-order valence-corrected chi connectivity index (χ1v) is 5.49. The molecule has 0 radical (unpaired) electrons. The minimum absolute atomic E-state index is 0.588. The van der Waals surface area contributed by atoms with Gasteiger partial charge >= 0.3 is 0 Å². The summed E-state index contributed by atoms with van der Waals surface area (Å²) in [7, 11) is 0. The second-order valence-electron chi connectivity index (χ2n) is 4.12. The van der Waals surface area contributed by atoms with E-state index in [1.165, 1.54) is 19.3 Å². The fourth-order valence-corrected chi connectivity index (χ4v) is 2.22. The summed E-state index contributed by atoms with van der Waals surface area (Å²) in [5.74, 6) is 0.841. The molecule has 0 aromatic carbocycles. The van der Waals surface area contributed by atoms with Crippen LogP contribution in [0.3, 0.4) is 0 Å². The highest BCUT2D eigenvalue weighted by Gasteiger charge is 2.21. The van der Waals surface area contributed by atoms with Crippen LogP contribution in [0, 0.1) is 5.92 Å². The molecule has 0 bridgehead atoms. The Balaban J connectivity index is 2.01. The normalized spacial score (nSPS) is 26.4. The molecule has 0 spiro atoms. The van der Waals surface area contributed by atoms with E-state index in [0.717, 1.165) is 11.6 Å². The third-order valence-corrected chi connectivity index (χ3v) is 3.13. The van der Waals surface area contributed by atoms with Gasteiger partial charge in [0.2, 0.25) is 0 Å². The molecule has 1 N–H and O–H groups in total. The first kappa shape index (κ1) is 9.78. The molecule has 76 valence electrons. The van der Waals surface area contributed by atoms with Crippen LogP contribution in [-0.4, -0.2) is 11.0 Å². The number of hydrogen-bond acceptors (Lipinski definition) is 2. The molecular weight excluding hydrogens is 196 g/mol. The summed E-state index contributed by atoms with van der Waals surface area (Å²) in [4.78, 5) is 3.96. The smallest absolute Gasteiger partial charge is 0.0820 e. The van der Waals surface area contributed by atoms with Gasteiger partial charge in [-0.15, -0.1) is 0 Å². The largest absolute Gasteiger partial charge is 0.381 e. The molecule has 1 fully saturated rings. The highest BCUT2D eigenvalue weighted by molar-refractivity contribution is 6.33. The molecule has 2 atom stereocenters. The van der Waals surface area contributed by atoms with Gasteiger partial charge in [-0.1, -0.05) is 18.5 Å². The minimum atomic E-state index is 0.588. The lowest BCUT2D eigenvalue weighted by Gasteiger charge is -2.14. The van der Waals surface area contributed by atoms with E-state index in [4.69, 9.17) is 11.6 Å². The molecule has 1 heterocycles. The van der Waals surface area contributed by atoms with Gasteiger partial charge in [0.05, 0.1) is 10.7 Å². The van der Waals surface area contributed by atoms with Crippen molar-refractivity contribution in [2.75, 3.05) is 5.32 Å². The fraction of sp³-hybridized carbons (Fsp3) is 0.545. The van der Waals surface area contributed by atoms with Gasteiger partial charge in [-0.25, -0.2) is 0 Å². The number of nitrogens with zero attached hydrogens (tertiary/aromatic N) is 1. The van der Waals surface area contributed by atoms with Crippen LogP contribution < -0.4 is 5.32 Å². The van der Waals surface area contributed by atoms with Gasteiger partial charge in [0.1, 0.15) is 0 Å². The molecule has 0 aliphatic heterocycles. The van der Waals surface area contributed by atoms with Crippen molar-refractivity contribution in [1.82, 2.24) is 4.98 Å². The Morgan fingerprint density at radius 1 is 1.50 bits per heavy atom. The maximum Gasteiger partial charge on any atom is 0.0820 e. The monoisotopic (exact) mass is 210 g/mol. The number of pyridine rings is 1. The van der Waals surface area contributed by atoms with Crippen LogP contribution >= 0.6 is 11.6 Å². The Kier molecular flexibility index (Phi) is 2.92. The maximum absolute atomic E-state index is 6.01. The van der Waals surface area contributed by atoms with E-state index in [1.807, 2.05) is 6.07 Å². The van der Waals surface area contributed by atoms with E-state index in [9.17, 15) is 0 Å². The molecule has 1 aromatic heterocycles. The molecule has 1 aromatic rings. The Hall–Kier alpha value is -0.760. The highest BCUT2D eigenvalue weighted by atomic mass is 35.5. The van der Waals surface area contributed by atoms with Crippen molar-refractivity contribution >= 4 is 17.3 Å². The van der Waals surface area contributed by atoms with Gasteiger partial charge in [-0.3, -0.25) is 4.98 Å². The average molecular weight is 211 g/mol. The lowest BCUT2D eigenvalue weighted by Crippen LogP contribution is -2.15. The van der Waals surface area contributed by atoms with Crippen molar-refractivity contribution in [3.8, 4) is 0 Å². The van der Waals surface area contributed by atoms with E-state index < -0.39 is 0 Å². The van der Waals surface area contributed by atoms with Crippen molar-refractivity contribution in [2.24, 2.45) is 5.92 Å². The van der Waals surface area contributed by atoms with E-state index in [2.05, 4.69) is 17.2 Å². The van der Waals surface area contributed by atoms with Crippen molar-refractivity contribution in [3.63, 3.8) is 0 Å². The highest BCUT2D eigenvalue weighted by Crippen LogP contribution is 2.29. The van der Waals surface area contributed by atoms with Gasteiger partial charge < -0.3 is 5.32 Å². The summed E-state index contributed by atoms with van der Waals surface area (Å²) in [5.41, 5.74) is 1.01. The molecule has 0 amide bonds. The number of halogens is 1. The lowest BCUT2D eigenvalue weighted by molar-refractivity contribution is 0.602. The summed E-state index contributed by atoms with van der Waals surface area (Å²) in [6, 6.07) is 2.52. The SMILES string of the molecule is CC1CCC(Nc2ccncc2Cl)C1. The third-order valence-electron chi connectivity index (χ3n) is 2.83. The molecule has 14 heavy (non-hydrogen) atoms. The van der Waals surface area contributed by atoms with E-state index in [-0.39, 0.29) is 0 Å². The quantitative estimate of drug-likeness (QED) is 0.810.